The van der Waals surface area contributed by atoms with E-state index in [-0.39, 0.29) is 5.91 Å². The van der Waals surface area contributed by atoms with Crippen molar-refractivity contribution in [2.45, 2.75) is 33.1 Å². The molecule has 2 aromatic heterocycles. The van der Waals surface area contributed by atoms with Crippen LogP contribution in [0.25, 0.3) is 5.69 Å². The molecule has 0 saturated carbocycles. The van der Waals surface area contributed by atoms with Gasteiger partial charge in [-0.05, 0) is 49.8 Å². The molecule has 3 rings (SSSR count). The van der Waals surface area contributed by atoms with E-state index in [4.69, 9.17) is 11.6 Å². The smallest absolute Gasteiger partial charge is 0.253 e. The van der Waals surface area contributed by atoms with Crippen LogP contribution in [0.3, 0.4) is 0 Å². The van der Waals surface area contributed by atoms with Crippen LogP contribution in [0, 0.1) is 12.8 Å². The maximum atomic E-state index is 12.7. The fourth-order valence-corrected chi connectivity index (χ4v) is 3.16. The van der Waals surface area contributed by atoms with Crippen LogP contribution in [0.2, 0.25) is 5.02 Å². The second kappa shape index (κ2) is 10.7. The molecule has 2 heterocycles. The average molecular weight is 428 g/mol. The second-order valence-electron chi connectivity index (χ2n) is 7.28. The Morgan fingerprint density at radius 1 is 1.13 bits per heavy atom. The molecule has 3 aromatic rings. The summed E-state index contributed by atoms with van der Waals surface area (Å²) < 4.78 is 0. The van der Waals surface area contributed by atoms with Crippen LogP contribution in [0.1, 0.15) is 42.1 Å². The summed E-state index contributed by atoms with van der Waals surface area (Å²) in [5.74, 6) is 0.987. The third-order valence-corrected chi connectivity index (χ3v) is 4.93. The van der Waals surface area contributed by atoms with E-state index >= 15 is 0 Å². The molecule has 0 aliphatic rings. The summed E-state index contributed by atoms with van der Waals surface area (Å²) in [6.45, 7) is 5.59. The van der Waals surface area contributed by atoms with Crippen molar-refractivity contribution in [2.24, 2.45) is 5.92 Å². The van der Waals surface area contributed by atoms with Crippen molar-refractivity contribution in [1.29, 1.82) is 0 Å². The van der Waals surface area contributed by atoms with E-state index in [0.717, 1.165) is 31.4 Å². The molecule has 0 bridgehead atoms. The zero-order valence-corrected chi connectivity index (χ0v) is 17.9. The van der Waals surface area contributed by atoms with Crippen LogP contribution >= 0.6 is 11.6 Å². The average Bonchev–Trinajstić information content (AvgIpc) is 3.27. The fourth-order valence-electron chi connectivity index (χ4n) is 3.07. The monoisotopic (exact) mass is 427 g/mol. The van der Waals surface area contributed by atoms with Crippen LogP contribution in [0.5, 0.6) is 0 Å². The van der Waals surface area contributed by atoms with Gasteiger partial charge in [-0.2, -0.15) is 15.0 Å². The van der Waals surface area contributed by atoms with Gasteiger partial charge in [-0.1, -0.05) is 24.6 Å². The number of aryl methyl sites for hydroxylation is 1. The van der Waals surface area contributed by atoms with Gasteiger partial charge in [0.05, 0.1) is 41.1 Å². The van der Waals surface area contributed by atoms with Gasteiger partial charge in [0, 0.05) is 13.1 Å². The Balaban J connectivity index is 1.40. The van der Waals surface area contributed by atoms with E-state index in [1.807, 2.05) is 25.1 Å². The quantitative estimate of drug-likeness (QED) is 0.479. The number of nitrogens with one attached hydrogen (secondary N) is 2. The van der Waals surface area contributed by atoms with Gasteiger partial charge >= 0.3 is 0 Å². The lowest BCUT2D eigenvalue weighted by Crippen LogP contribution is -2.26. The maximum Gasteiger partial charge on any atom is 0.253 e. The van der Waals surface area contributed by atoms with Crippen molar-refractivity contribution in [3.05, 3.63) is 59.1 Å². The first kappa shape index (κ1) is 21.7. The predicted molar refractivity (Wildman–Crippen MR) is 117 cm³/mol. The molecule has 1 unspecified atom stereocenters. The number of rotatable bonds is 10. The first-order valence-electron chi connectivity index (χ1n) is 10.00. The molecule has 158 valence electrons. The van der Waals surface area contributed by atoms with Gasteiger partial charge in [0.25, 0.3) is 5.91 Å². The molecule has 1 aromatic carbocycles. The van der Waals surface area contributed by atoms with Crippen molar-refractivity contribution in [3.8, 4) is 5.69 Å². The maximum absolute atomic E-state index is 12.7. The lowest BCUT2D eigenvalue weighted by atomic mass is 10.0. The first-order chi connectivity index (χ1) is 14.5. The number of hydrogen-bond donors (Lipinski definition) is 2. The molecule has 0 spiro atoms. The third kappa shape index (κ3) is 6.25. The number of nitrogens with zero attached hydrogens (tertiary/aromatic N) is 5. The summed E-state index contributed by atoms with van der Waals surface area (Å²) in [4.78, 5) is 22.4. The minimum atomic E-state index is -0.114. The van der Waals surface area contributed by atoms with E-state index < -0.39 is 0 Å². The number of carbonyl (C=O) groups excluding carboxylic acids is 1. The summed E-state index contributed by atoms with van der Waals surface area (Å²) >= 11 is 5.78. The molecule has 0 radical (unpaired) electrons. The Hall–Kier alpha value is -3.00. The Kier molecular flexibility index (Phi) is 7.73. The van der Waals surface area contributed by atoms with Crippen LogP contribution in [0.15, 0.2) is 43.0 Å². The van der Waals surface area contributed by atoms with Crippen LogP contribution < -0.4 is 10.6 Å². The third-order valence-electron chi connectivity index (χ3n) is 4.73. The lowest BCUT2D eigenvalue weighted by Gasteiger charge is -2.13. The molecule has 30 heavy (non-hydrogen) atoms. The molecule has 8 nitrogen and oxygen atoms in total. The standard InChI is InChI=1S/C21H26ClN7O/c1-15(7-9-24-21-25-13-17(22)14-26-21)4-3-8-23-20(30)18-6-5-16(2)12-19(18)29-27-10-11-28-29/h5-6,10-15H,3-4,7-9H2,1-2H3,(H,23,30)(H,24,25,26). The predicted octanol–water partition coefficient (Wildman–Crippen LogP) is 3.67. The first-order valence-corrected chi connectivity index (χ1v) is 10.4. The summed E-state index contributed by atoms with van der Waals surface area (Å²) in [7, 11) is 0. The molecule has 0 saturated heterocycles. The van der Waals surface area contributed by atoms with Crippen molar-refractivity contribution in [2.75, 3.05) is 18.4 Å². The van der Waals surface area contributed by atoms with Crippen molar-refractivity contribution >= 4 is 23.5 Å². The van der Waals surface area contributed by atoms with Crippen molar-refractivity contribution in [1.82, 2.24) is 30.3 Å². The number of aromatic nitrogens is 5. The van der Waals surface area contributed by atoms with Crippen molar-refractivity contribution in [3.63, 3.8) is 0 Å². The number of benzene rings is 1. The number of amides is 1. The highest BCUT2D eigenvalue weighted by atomic mass is 35.5. The SMILES string of the molecule is Cc1ccc(C(=O)NCCCC(C)CCNc2ncc(Cl)cn2)c(-n2nccn2)c1. The molecule has 0 aliphatic carbocycles. The number of halogens is 1. The van der Waals surface area contributed by atoms with Gasteiger partial charge in [-0.15, -0.1) is 0 Å². The molecule has 0 aliphatic heterocycles. The van der Waals surface area contributed by atoms with Gasteiger partial charge in [0.1, 0.15) is 0 Å². The number of carbonyl (C=O) groups is 1. The molecule has 2 N–H and O–H groups in total. The van der Waals surface area contributed by atoms with E-state index in [1.165, 1.54) is 4.80 Å². The van der Waals surface area contributed by atoms with Crippen molar-refractivity contribution < 1.29 is 4.79 Å². The highest BCUT2D eigenvalue weighted by Crippen LogP contribution is 2.16. The molecule has 1 amide bonds. The van der Waals surface area contributed by atoms with Gasteiger partial charge in [0.2, 0.25) is 5.95 Å². The van der Waals surface area contributed by atoms with Crippen LogP contribution in [-0.2, 0) is 0 Å². The summed E-state index contributed by atoms with van der Waals surface area (Å²) in [6.07, 6.45) is 9.26. The Labute approximate surface area is 181 Å². The zero-order valence-electron chi connectivity index (χ0n) is 17.2. The minimum Gasteiger partial charge on any atom is -0.354 e. The molecule has 1 atom stereocenters. The fraction of sp³-hybridized carbons (Fsp3) is 0.381. The minimum absolute atomic E-state index is 0.114. The number of hydrogen-bond acceptors (Lipinski definition) is 6. The molecular weight excluding hydrogens is 402 g/mol. The topological polar surface area (TPSA) is 97.6 Å². The van der Waals surface area contributed by atoms with E-state index in [2.05, 4.69) is 37.7 Å². The molecular formula is C21H26ClN7O. The molecule has 9 heteroatoms. The highest BCUT2D eigenvalue weighted by molar-refractivity contribution is 6.30. The lowest BCUT2D eigenvalue weighted by molar-refractivity contribution is 0.0952. The number of anilines is 1. The summed E-state index contributed by atoms with van der Waals surface area (Å²) in [6, 6.07) is 5.65. The second-order valence-corrected chi connectivity index (χ2v) is 7.72. The Morgan fingerprint density at radius 2 is 1.87 bits per heavy atom. The van der Waals surface area contributed by atoms with Gasteiger partial charge < -0.3 is 10.6 Å². The summed E-state index contributed by atoms with van der Waals surface area (Å²) in [5.41, 5.74) is 2.30. The highest BCUT2D eigenvalue weighted by Gasteiger charge is 2.14. The Bertz CT molecular complexity index is 944. The van der Waals surface area contributed by atoms with Gasteiger partial charge in [-0.25, -0.2) is 9.97 Å². The van der Waals surface area contributed by atoms with E-state index in [0.29, 0.717) is 34.7 Å². The molecule has 0 fully saturated rings. The van der Waals surface area contributed by atoms with Crippen LogP contribution in [0.4, 0.5) is 5.95 Å². The normalized spacial score (nSPS) is 11.8. The van der Waals surface area contributed by atoms with Crippen LogP contribution in [-0.4, -0.2) is 44.0 Å². The zero-order chi connectivity index (χ0) is 21.3. The largest absolute Gasteiger partial charge is 0.354 e. The summed E-state index contributed by atoms with van der Waals surface area (Å²) in [5, 5.41) is 15.0. The van der Waals surface area contributed by atoms with E-state index in [9.17, 15) is 4.79 Å². The van der Waals surface area contributed by atoms with Gasteiger partial charge in [0.15, 0.2) is 0 Å². The Morgan fingerprint density at radius 3 is 2.60 bits per heavy atom. The van der Waals surface area contributed by atoms with Gasteiger partial charge in [-0.3, -0.25) is 4.79 Å². The van der Waals surface area contributed by atoms with E-state index in [1.54, 1.807) is 24.8 Å².